The maximum absolute atomic E-state index is 13.2. The predicted molar refractivity (Wildman–Crippen MR) is 102 cm³/mol. The standard InChI is InChI=1S/C19H17ClFN5O2/c20-16-10-13(21)4-3-12(16)11-26-19(28)25-9-1-2-15(17(25)24-26)18(27)23-14-5-7-22-8-6-14/h3-8,10,15H,1-2,9,11H2,(H,22,23,27). The van der Waals surface area contributed by atoms with Crippen LogP contribution in [0.15, 0.2) is 47.5 Å². The number of rotatable bonds is 4. The second kappa shape index (κ2) is 7.55. The van der Waals surface area contributed by atoms with Crippen LogP contribution in [0.1, 0.15) is 30.1 Å². The number of pyridine rings is 1. The van der Waals surface area contributed by atoms with Crippen molar-refractivity contribution in [3.8, 4) is 0 Å². The molecule has 3 aromatic rings. The Morgan fingerprint density at radius 2 is 2.07 bits per heavy atom. The van der Waals surface area contributed by atoms with E-state index in [0.717, 1.165) is 0 Å². The SMILES string of the molecule is O=C(Nc1ccncc1)C1CCCn2c1nn(Cc1ccc(F)cc1Cl)c2=O. The Bertz CT molecular complexity index is 1080. The summed E-state index contributed by atoms with van der Waals surface area (Å²) in [7, 11) is 0. The molecule has 2 aromatic heterocycles. The molecule has 9 heteroatoms. The zero-order valence-electron chi connectivity index (χ0n) is 14.8. The number of carbonyl (C=O) groups excluding carboxylic acids is 1. The molecule has 28 heavy (non-hydrogen) atoms. The van der Waals surface area contributed by atoms with E-state index in [2.05, 4.69) is 15.4 Å². The van der Waals surface area contributed by atoms with Crippen LogP contribution in [0.4, 0.5) is 10.1 Å². The molecule has 0 bridgehead atoms. The maximum Gasteiger partial charge on any atom is 0.346 e. The van der Waals surface area contributed by atoms with Crippen molar-refractivity contribution >= 4 is 23.2 Å². The van der Waals surface area contributed by atoms with Gasteiger partial charge in [0.2, 0.25) is 5.91 Å². The van der Waals surface area contributed by atoms with E-state index >= 15 is 0 Å². The van der Waals surface area contributed by atoms with E-state index in [0.29, 0.717) is 36.5 Å². The van der Waals surface area contributed by atoms with Gasteiger partial charge in [-0.3, -0.25) is 14.3 Å². The quantitative estimate of drug-likeness (QED) is 0.728. The van der Waals surface area contributed by atoms with Crippen molar-refractivity contribution in [2.75, 3.05) is 5.32 Å². The lowest BCUT2D eigenvalue weighted by Crippen LogP contribution is -2.32. The maximum atomic E-state index is 13.2. The van der Waals surface area contributed by atoms with Crippen LogP contribution in [0.3, 0.4) is 0 Å². The van der Waals surface area contributed by atoms with Crippen molar-refractivity contribution < 1.29 is 9.18 Å². The Kier molecular flexibility index (Phi) is 4.95. The molecule has 0 saturated heterocycles. The Balaban J connectivity index is 1.62. The number of hydrogen-bond donors (Lipinski definition) is 1. The lowest BCUT2D eigenvalue weighted by molar-refractivity contribution is -0.118. The van der Waals surface area contributed by atoms with E-state index < -0.39 is 11.7 Å². The Morgan fingerprint density at radius 1 is 1.29 bits per heavy atom. The van der Waals surface area contributed by atoms with Crippen LogP contribution in [0.2, 0.25) is 5.02 Å². The van der Waals surface area contributed by atoms with Gasteiger partial charge in [0.05, 0.1) is 12.5 Å². The molecule has 1 amide bonds. The van der Waals surface area contributed by atoms with Gasteiger partial charge in [-0.05, 0) is 42.7 Å². The smallest absolute Gasteiger partial charge is 0.325 e. The van der Waals surface area contributed by atoms with Crippen molar-refractivity contribution in [3.63, 3.8) is 0 Å². The molecule has 0 fully saturated rings. The third-order valence-corrected chi connectivity index (χ3v) is 5.09. The van der Waals surface area contributed by atoms with Crippen LogP contribution in [0, 0.1) is 5.82 Å². The molecule has 3 heterocycles. The normalized spacial score (nSPS) is 15.9. The van der Waals surface area contributed by atoms with Gasteiger partial charge >= 0.3 is 5.69 Å². The number of nitrogens with one attached hydrogen (secondary N) is 1. The molecule has 7 nitrogen and oxygen atoms in total. The molecule has 1 unspecified atom stereocenters. The number of benzene rings is 1. The van der Waals surface area contributed by atoms with Gasteiger partial charge in [-0.1, -0.05) is 17.7 Å². The molecular weight excluding hydrogens is 385 g/mol. The minimum absolute atomic E-state index is 0.108. The molecular formula is C19H17ClFN5O2. The summed E-state index contributed by atoms with van der Waals surface area (Å²) in [6.07, 6.45) is 4.48. The number of fused-ring (bicyclic) bond motifs is 1. The number of carbonyl (C=O) groups is 1. The van der Waals surface area contributed by atoms with Crippen LogP contribution in [0.5, 0.6) is 0 Å². The van der Waals surface area contributed by atoms with E-state index in [1.54, 1.807) is 24.5 Å². The topological polar surface area (TPSA) is 81.8 Å². The summed E-state index contributed by atoms with van der Waals surface area (Å²) in [6.45, 7) is 0.612. The highest BCUT2D eigenvalue weighted by atomic mass is 35.5. The Morgan fingerprint density at radius 3 is 2.82 bits per heavy atom. The molecule has 1 aliphatic rings. The van der Waals surface area contributed by atoms with Gasteiger partial charge in [-0.25, -0.2) is 13.9 Å². The molecule has 1 atom stereocenters. The minimum Gasteiger partial charge on any atom is -0.325 e. The summed E-state index contributed by atoms with van der Waals surface area (Å²) in [5.41, 5.74) is 0.909. The summed E-state index contributed by atoms with van der Waals surface area (Å²) in [5.74, 6) is -0.761. The van der Waals surface area contributed by atoms with E-state index in [-0.39, 0.29) is 23.2 Å². The fraction of sp³-hybridized carbons (Fsp3) is 0.263. The molecule has 0 aliphatic carbocycles. The van der Waals surface area contributed by atoms with E-state index in [9.17, 15) is 14.0 Å². The molecule has 0 spiro atoms. The van der Waals surface area contributed by atoms with Crippen molar-refractivity contribution in [3.05, 3.63) is 75.4 Å². The van der Waals surface area contributed by atoms with Gasteiger partial charge < -0.3 is 5.32 Å². The fourth-order valence-corrected chi connectivity index (χ4v) is 3.56. The van der Waals surface area contributed by atoms with Crippen molar-refractivity contribution in [2.24, 2.45) is 0 Å². The lowest BCUT2D eigenvalue weighted by atomic mass is 9.98. The van der Waals surface area contributed by atoms with Crippen molar-refractivity contribution in [2.45, 2.75) is 31.8 Å². The fourth-order valence-electron chi connectivity index (χ4n) is 3.34. The summed E-state index contributed by atoms with van der Waals surface area (Å²) in [6, 6.07) is 7.40. The molecule has 0 radical (unpaired) electrons. The number of halogens is 2. The molecule has 0 saturated carbocycles. The zero-order valence-corrected chi connectivity index (χ0v) is 15.6. The number of amides is 1. The van der Waals surface area contributed by atoms with E-state index in [1.807, 2.05) is 0 Å². The summed E-state index contributed by atoms with van der Waals surface area (Å²) >= 11 is 6.07. The lowest BCUT2D eigenvalue weighted by Gasteiger charge is -2.21. The Hall–Kier alpha value is -3.00. The number of nitrogens with zero attached hydrogens (tertiary/aromatic N) is 4. The molecule has 1 aromatic carbocycles. The third kappa shape index (κ3) is 3.55. The summed E-state index contributed by atoms with van der Waals surface area (Å²) in [4.78, 5) is 29.4. The molecule has 1 N–H and O–H groups in total. The summed E-state index contributed by atoms with van der Waals surface area (Å²) in [5, 5.41) is 7.46. The average Bonchev–Trinajstić information content (AvgIpc) is 3.00. The highest BCUT2D eigenvalue weighted by Gasteiger charge is 2.31. The summed E-state index contributed by atoms with van der Waals surface area (Å²) < 4.78 is 16.0. The predicted octanol–water partition coefficient (Wildman–Crippen LogP) is 2.80. The van der Waals surface area contributed by atoms with Gasteiger partial charge in [-0.2, -0.15) is 5.10 Å². The largest absolute Gasteiger partial charge is 0.346 e. The van der Waals surface area contributed by atoms with Gasteiger partial charge in [0, 0.05) is 29.6 Å². The first kappa shape index (κ1) is 18.4. The van der Waals surface area contributed by atoms with Crippen molar-refractivity contribution in [1.29, 1.82) is 0 Å². The minimum atomic E-state index is -0.528. The van der Waals surface area contributed by atoms with E-state index in [1.165, 1.54) is 27.4 Å². The first-order valence-corrected chi connectivity index (χ1v) is 9.23. The van der Waals surface area contributed by atoms with Gasteiger partial charge in [0.1, 0.15) is 11.6 Å². The van der Waals surface area contributed by atoms with Crippen molar-refractivity contribution in [1.82, 2.24) is 19.3 Å². The van der Waals surface area contributed by atoms with Gasteiger partial charge in [0.25, 0.3) is 0 Å². The van der Waals surface area contributed by atoms with Crippen LogP contribution >= 0.6 is 11.6 Å². The van der Waals surface area contributed by atoms with E-state index in [4.69, 9.17) is 11.6 Å². The van der Waals surface area contributed by atoms with Gasteiger partial charge in [-0.15, -0.1) is 0 Å². The van der Waals surface area contributed by atoms with Crippen LogP contribution in [-0.2, 0) is 17.9 Å². The first-order valence-electron chi connectivity index (χ1n) is 8.85. The van der Waals surface area contributed by atoms with Gasteiger partial charge in [0.15, 0.2) is 0 Å². The Labute approximate surface area is 164 Å². The van der Waals surface area contributed by atoms with Crippen LogP contribution in [0.25, 0.3) is 0 Å². The highest BCUT2D eigenvalue weighted by Crippen LogP contribution is 2.26. The van der Waals surface area contributed by atoms with Crippen LogP contribution < -0.4 is 11.0 Å². The molecule has 144 valence electrons. The average molecular weight is 402 g/mol. The molecule has 1 aliphatic heterocycles. The van der Waals surface area contributed by atoms with Crippen LogP contribution in [-0.4, -0.2) is 25.2 Å². The second-order valence-corrected chi connectivity index (χ2v) is 7.01. The first-order chi connectivity index (χ1) is 13.5. The number of aromatic nitrogens is 4. The number of hydrogen-bond acceptors (Lipinski definition) is 4. The monoisotopic (exact) mass is 401 g/mol. The highest BCUT2D eigenvalue weighted by molar-refractivity contribution is 6.31. The second-order valence-electron chi connectivity index (χ2n) is 6.61. The zero-order chi connectivity index (χ0) is 19.7. The number of anilines is 1. The molecule has 4 rings (SSSR count). The third-order valence-electron chi connectivity index (χ3n) is 4.74.